The van der Waals surface area contributed by atoms with E-state index in [1.807, 2.05) is 0 Å². The second-order valence-corrected chi connectivity index (χ2v) is 19.2. The SMILES string of the molecule is CCCCCCCCCCCCCCCCCCCCC(=O)OC(COCCCCCCCCCCCCCCCCCCC)COC1OC(CO)C(O)C(OS(=O)(=O)O)C1O. The number of hydrogen-bond donors (Lipinski definition) is 4. The molecule has 1 heterocycles. The van der Waals surface area contributed by atoms with Crippen molar-refractivity contribution in [3.05, 3.63) is 0 Å². The highest BCUT2D eigenvalue weighted by molar-refractivity contribution is 7.80. The molecular weight excluding hydrogens is 813 g/mol. The van der Waals surface area contributed by atoms with Gasteiger partial charge in [-0.2, -0.15) is 8.42 Å². The molecule has 13 heteroatoms. The molecule has 4 N–H and O–H groups in total. The average molecular weight is 909 g/mol. The quantitative estimate of drug-likeness (QED) is 0.0258. The minimum absolute atomic E-state index is 0.0452. The molecule has 1 saturated heterocycles. The summed E-state index contributed by atoms with van der Waals surface area (Å²) in [6, 6.07) is 0. The van der Waals surface area contributed by atoms with Gasteiger partial charge in [0.1, 0.15) is 30.5 Å². The van der Waals surface area contributed by atoms with E-state index >= 15 is 0 Å². The molecule has 62 heavy (non-hydrogen) atoms. The molecule has 0 radical (unpaired) electrons. The molecule has 0 bridgehead atoms. The summed E-state index contributed by atoms with van der Waals surface area (Å²) in [5.41, 5.74) is 0. The van der Waals surface area contributed by atoms with E-state index in [2.05, 4.69) is 18.0 Å². The van der Waals surface area contributed by atoms with Gasteiger partial charge in [-0.15, -0.1) is 0 Å². The Morgan fingerprint density at radius 3 is 1.29 bits per heavy atom. The molecule has 1 aliphatic rings. The summed E-state index contributed by atoms with van der Waals surface area (Å²) in [4.78, 5) is 12.9. The number of hydrogen-bond acceptors (Lipinski definition) is 11. The molecule has 370 valence electrons. The lowest BCUT2D eigenvalue weighted by Gasteiger charge is -2.41. The number of rotatable bonds is 46. The molecule has 12 nitrogen and oxygen atoms in total. The highest BCUT2D eigenvalue weighted by atomic mass is 32.3. The maximum absolute atomic E-state index is 12.9. The molecule has 1 rings (SSSR count). The van der Waals surface area contributed by atoms with Gasteiger partial charge in [-0.1, -0.05) is 226 Å². The van der Waals surface area contributed by atoms with Crippen LogP contribution in [0.15, 0.2) is 0 Å². The zero-order chi connectivity index (χ0) is 45.4. The van der Waals surface area contributed by atoms with Crippen LogP contribution in [0.1, 0.15) is 245 Å². The molecule has 0 aromatic carbocycles. The first-order valence-electron chi connectivity index (χ1n) is 25.8. The molecule has 0 aromatic rings. The third kappa shape index (κ3) is 34.4. The molecule has 0 aromatic heterocycles. The third-order valence-corrected chi connectivity index (χ3v) is 12.7. The van der Waals surface area contributed by atoms with Gasteiger partial charge in [0, 0.05) is 13.0 Å². The van der Waals surface area contributed by atoms with Gasteiger partial charge in [-0.3, -0.25) is 9.35 Å². The Labute approximate surface area is 379 Å². The van der Waals surface area contributed by atoms with Crippen LogP contribution in [-0.2, 0) is 38.3 Å². The summed E-state index contributed by atoms with van der Waals surface area (Å²) in [5.74, 6) is -0.391. The van der Waals surface area contributed by atoms with Crippen molar-refractivity contribution in [1.82, 2.24) is 0 Å². The van der Waals surface area contributed by atoms with E-state index in [1.54, 1.807) is 0 Å². The van der Waals surface area contributed by atoms with Gasteiger partial charge in [0.15, 0.2) is 6.29 Å². The maximum atomic E-state index is 12.9. The fourth-order valence-electron chi connectivity index (χ4n) is 8.32. The van der Waals surface area contributed by atoms with Crippen molar-refractivity contribution < 1.29 is 56.2 Å². The molecular formula is C49H96O12S. The van der Waals surface area contributed by atoms with Crippen LogP contribution in [0.3, 0.4) is 0 Å². The smallest absolute Gasteiger partial charge is 0.397 e. The molecule has 0 saturated carbocycles. The predicted molar refractivity (Wildman–Crippen MR) is 248 cm³/mol. The Bertz CT molecular complexity index is 1090. The first-order chi connectivity index (χ1) is 30.1. The number of carbonyl (C=O) groups is 1. The van der Waals surface area contributed by atoms with Gasteiger partial charge in [0.2, 0.25) is 0 Å². The molecule has 1 fully saturated rings. The van der Waals surface area contributed by atoms with E-state index in [0.29, 0.717) is 13.0 Å². The lowest BCUT2D eigenvalue weighted by atomic mass is 9.99. The van der Waals surface area contributed by atoms with E-state index in [1.165, 1.54) is 180 Å². The van der Waals surface area contributed by atoms with Crippen molar-refractivity contribution in [2.24, 2.45) is 0 Å². The fraction of sp³-hybridized carbons (Fsp3) is 0.980. The monoisotopic (exact) mass is 909 g/mol. The lowest BCUT2D eigenvalue weighted by molar-refractivity contribution is -0.301. The van der Waals surface area contributed by atoms with Gasteiger partial charge < -0.3 is 34.3 Å². The zero-order valence-electron chi connectivity index (χ0n) is 39.7. The standard InChI is InChI=1S/C49H96O12S/c1-3-5-7-9-11-13-15-17-19-21-22-24-26-28-30-32-34-36-38-45(51)59-43(42-58-49-47(53)48(61-62(54,55)56)46(52)44(40-50)60-49)41-57-39-37-35-33-31-29-27-25-23-20-18-16-14-12-10-8-6-4-2/h43-44,46-50,52-53H,3-42H2,1-2H3,(H,54,55,56). The Hall–Kier alpha value is -0.900. The highest BCUT2D eigenvalue weighted by Gasteiger charge is 2.48. The van der Waals surface area contributed by atoms with Gasteiger partial charge in [-0.25, -0.2) is 4.18 Å². The van der Waals surface area contributed by atoms with E-state index in [0.717, 1.165) is 38.5 Å². The predicted octanol–water partition coefficient (Wildman–Crippen LogP) is 11.6. The topological polar surface area (TPSA) is 178 Å². The summed E-state index contributed by atoms with van der Waals surface area (Å²) in [7, 11) is -5.06. The minimum atomic E-state index is -5.06. The average Bonchev–Trinajstić information content (AvgIpc) is 3.24. The molecule has 1 aliphatic heterocycles. The molecule has 6 unspecified atom stereocenters. The van der Waals surface area contributed by atoms with Crippen molar-refractivity contribution >= 4 is 16.4 Å². The molecule has 6 atom stereocenters. The maximum Gasteiger partial charge on any atom is 0.397 e. The number of ether oxygens (including phenoxy) is 4. The van der Waals surface area contributed by atoms with Crippen LogP contribution in [0, 0.1) is 0 Å². The summed E-state index contributed by atoms with van der Waals surface area (Å²) >= 11 is 0. The number of esters is 1. The van der Waals surface area contributed by atoms with E-state index in [9.17, 15) is 33.1 Å². The van der Waals surface area contributed by atoms with Crippen molar-refractivity contribution in [2.75, 3.05) is 26.4 Å². The number of carbonyl (C=O) groups excluding carboxylic acids is 1. The summed E-state index contributed by atoms with van der Waals surface area (Å²) in [5, 5.41) is 30.7. The van der Waals surface area contributed by atoms with Crippen LogP contribution in [0.4, 0.5) is 0 Å². The Morgan fingerprint density at radius 2 is 0.919 bits per heavy atom. The number of aliphatic hydroxyl groups is 3. The van der Waals surface area contributed by atoms with Crippen molar-refractivity contribution in [1.29, 1.82) is 0 Å². The lowest BCUT2D eigenvalue weighted by Crippen LogP contribution is -2.60. The first-order valence-corrected chi connectivity index (χ1v) is 27.2. The second-order valence-electron chi connectivity index (χ2n) is 18.1. The first kappa shape index (κ1) is 59.1. The van der Waals surface area contributed by atoms with Crippen LogP contribution < -0.4 is 0 Å². The Kier molecular flexibility index (Phi) is 39.6. The van der Waals surface area contributed by atoms with Gasteiger partial charge >= 0.3 is 16.4 Å². The van der Waals surface area contributed by atoms with Crippen molar-refractivity contribution in [3.8, 4) is 0 Å². The van der Waals surface area contributed by atoms with Crippen molar-refractivity contribution in [2.45, 2.75) is 282 Å². The van der Waals surface area contributed by atoms with Gasteiger partial charge in [-0.05, 0) is 12.8 Å². The van der Waals surface area contributed by atoms with Crippen LogP contribution in [0.25, 0.3) is 0 Å². The van der Waals surface area contributed by atoms with Gasteiger partial charge in [0.25, 0.3) is 0 Å². The number of aliphatic hydroxyl groups excluding tert-OH is 3. The summed E-state index contributed by atoms with van der Waals surface area (Å²) < 4.78 is 59.2. The van der Waals surface area contributed by atoms with E-state index < -0.39 is 59.8 Å². The Balaban J connectivity index is 2.34. The summed E-state index contributed by atoms with van der Waals surface area (Å²) in [6.45, 7) is 4.06. The largest absolute Gasteiger partial charge is 0.457 e. The zero-order valence-corrected chi connectivity index (χ0v) is 40.5. The van der Waals surface area contributed by atoms with E-state index in [-0.39, 0.29) is 19.6 Å². The van der Waals surface area contributed by atoms with E-state index in [4.69, 9.17) is 18.9 Å². The molecule has 0 aliphatic carbocycles. The van der Waals surface area contributed by atoms with Crippen LogP contribution in [-0.4, -0.2) is 97.5 Å². The van der Waals surface area contributed by atoms with Crippen LogP contribution in [0.5, 0.6) is 0 Å². The van der Waals surface area contributed by atoms with Crippen LogP contribution >= 0.6 is 0 Å². The van der Waals surface area contributed by atoms with Gasteiger partial charge in [0.05, 0.1) is 19.8 Å². The second kappa shape index (κ2) is 41.5. The minimum Gasteiger partial charge on any atom is -0.457 e. The normalized spacial score (nSPS) is 19.9. The Morgan fingerprint density at radius 1 is 0.548 bits per heavy atom. The third-order valence-electron chi connectivity index (χ3n) is 12.2. The fourth-order valence-corrected chi connectivity index (χ4v) is 8.83. The molecule has 0 amide bonds. The molecule has 0 spiro atoms. The van der Waals surface area contributed by atoms with Crippen molar-refractivity contribution in [3.63, 3.8) is 0 Å². The number of unbranched alkanes of at least 4 members (excludes halogenated alkanes) is 33. The summed E-state index contributed by atoms with van der Waals surface area (Å²) in [6.07, 6.45) is 35.6. The highest BCUT2D eigenvalue weighted by Crippen LogP contribution is 2.26. The van der Waals surface area contributed by atoms with Crippen LogP contribution in [0.2, 0.25) is 0 Å².